The molecule has 168 valence electrons. The van der Waals surface area contributed by atoms with Crippen molar-refractivity contribution >= 4 is 15.9 Å². The Hall–Kier alpha value is -0.540. The third kappa shape index (κ3) is 4.49. The van der Waals surface area contributed by atoms with E-state index >= 15 is 0 Å². The van der Waals surface area contributed by atoms with Gasteiger partial charge in [0.05, 0.1) is 6.10 Å². The molecule has 0 unspecified atom stereocenters. The van der Waals surface area contributed by atoms with Crippen LogP contribution in [0.25, 0.3) is 0 Å². The molecule has 0 bridgehead atoms. The molecule has 3 heteroatoms. The summed E-state index contributed by atoms with van der Waals surface area (Å²) >= 11 is 3.53. The fourth-order valence-corrected chi connectivity index (χ4v) is 7.81. The molecular formula is C27H41BrO2. The minimum Gasteiger partial charge on any atom is -0.508 e. The van der Waals surface area contributed by atoms with Gasteiger partial charge in [0.15, 0.2) is 0 Å². The van der Waals surface area contributed by atoms with Gasteiger partial charge in [0.1, 0.15) is 5.75 Å². The van der Waals surface area contributed by atoms with Gasteiger partial charge in [-0.05, 0) is 97.3 Å². The van der Waals surface area contributed by atoms with E-state index in [0.717, 1.165) is 30.5 Å². The van der Waals surface area contributed by atoms with Gasteiger partial charge in [0.25, 0.3) is 0 Å². The molecule has 6 atom stereocenters. The summed E-state index contributed by atoms with van der Waals surface area (Å²) in [6.07, 6.45) is 16.4. The van der Waals surface area contributed by atoms with Crippen LogP contribution in [0.5, 0.6) is 5.75 Å². The fourth-order valence-electron chi connectivity index (χ4n) is 7.42. The quantitative estimate of drug-likeness (QED) is 0.288. The summed E-state index contributed by atoms with van der Waals surface area (Å²) in [6, 6.07) is 6.14. The maximum atomic E-state index is 10.8. The van der Waals surface area contributed by atoms with E-state index in [1.165, 1.54) is 75.3 Å². The first-order valence-electron chi connectivity index (χ1n) is 12.6. The Labute approximate surface area is 192 Å². The number of aromatic hydroxyl groups is 1. The van der Waals surface area contributed by atoms with Gasteiger partial charge in [0.2, 0.25) is 0 Å². The first-order valence-corrected chi connectivity index (χ1v) is 13.7. The molecule has 0 heterocycles. The summed E-state index contributed by atoms with van der Waals surface area (Å²) in [5.74, 6) is 3.16. The lowest BCUT2D eigenvalue weighted by molar-refractivity contribution is -0.0396. The number of phenolic OH excluding ortho intramolecular Hbond substituents is 1. The molecule has 0 radical (unpaired) electrons. The second-order valence-electron chi connectivity index (χ2n) is 10.7. The highest BCUT2D eigenvalue weighted by Gasteiger charge is 2.56. The van der Waals surface area contributed by atoms with Crippen LogP contribution in [0.1, 0.15) is 101 Å². The Morgan fingerprint density at radius 2 is 1.73 bits per heavy atom. The smallest absolute Gasteiger partial charge is 0.115 e. The number of hydrogen-bond donors (Lipinski definition) is 2. The molecule has 0 spiro atoms. The van der Waals surface area contributed by atoms with E-state index < -0.39 is 0 Å². The second kappa shape index (κ2) is 9.94. The van der Waals surface area contributed by atoms with Crippen LogP contribution in [0.3, 0.4) is 0 Å². The second-order valence-corrected chi connectivity index (χ2v) is 11.5. The molecule has 2 N–H and O–H groups in total. The molecule has 3 aliphatic carbocycles. The molecule has 3 aliphatic rings. The molecule has 30 heavy (non-hydrogen) atoms. The zero-order valence-corrected chi connectivity index (χ0v) is 20.4. The van der Waals surface area contributed by atoms with Gasteiger partial charge >= 0.3 is 0 Å². The Bertz CT molecular complexity index is 704. The van der Waals surface area contributed by atoms with Gasteiger partial charge in [-0.1, -0.05) is 67.4 Å². The summed E-state index contributed by atoms with van der Waals surface area (Å²) in [6.45, 7) is 2.38. The monoisotopic (exact) mass is 476 g/mol. The largest absolute Gasteiger partial charge is 0.508 e. The van der Waals surface area contributed by atoms with Crippen LogP contribution in [-0.2, 0) is 6.42 Å². The third-order valence-electron chi connectivity index (χ3n) is 9.04. The fraction of sp³-hybridized carbons (Fsp3) is 0.778. The Kier molecular flexibility index (Phi) is 7.51. The van der Waals surface area contributed by atoms with E-state index in [1.807, 2.05) is 12.1 Å². The SMILES string of the molecule is C[C@]12CC[C@H]3c4ccc(O)cc4C[C@@H](CCCCCCCCCBr)[C@H]3[C@H]1CC[C@@H]2O. The molecule has 4 rings (SSSR count). The maximum absolute atomic E-state index is 10.8. The Morgan fingerprint density at radius 1 is 1.00 bits per heavy atom. The number of fused-ring (bicyclic) bond motifs is 5. The summed E-state index contributed by atoms with van der Waals surface area (Å²) in [7, 11) is 0. The van der Waals surface area contributed by atoms with Crippen LogP contribution in [0.15, 0.2) is 18.2 Å². The third-order valence-corrected chi connectivity index (χ3v) is 9.60. The van der Waals surface area contributed by atoms with Crippen molar-refractivity contribution in [1.82, 2.24) is 0 Å². The van der Waals surface area contributed by atoms with Crippen LogP contribution in [0, 0.1) is 23.2 Å². The normalized spacial score (nSPS) is 35.0. The summed E-state index contributed by atoms with van der Waals surface area (Å²) < 4.78 is 0. The van der Waals surface area contributed by atoms with E-state index in [9.17, 15) is 10.2 Å². The van der Waals surface area contributed by atoms with Crippen LogP contribution in [-0.4, -0.2) is 21.6 Å². The molecule has 0 aliphatic heterocycles. The number of halogens is 1. The van der Waals surface area contributed by atoms with E-state index in [2.05, 4.69) is 28.9 Å². The highest BCUT2D eigenvalue weighted by Crippen LogP contribution is 2.62. The average molecular weight is 478 g/mol. The average Bonchev–Trinajstić information content (AvgIpc) is 3.04. The number of unbranched alkanes of at least 4 members (excludes halogenated alkanes) is 6. The van der Waals surface area contributed by atoms with Crippen molar-refractivity contribution in [2.45, 2.75) is 102 Å². The van der Waals surface area contributed by atoms with E-state index in [0.29, 0.717) is 23.5 Å². The molecule has 1 aromatic rings. The number of alkyl halides is 1. The predicted octanol–water partition coefficient (Wildman–Crippen LogP) is 7.35. The molecule has 0 amide bonds. The lowest BCUT2D eigenvalue weighted by Crippen LogP contribution is -2.47. The first kappa shape index (κ1) is 22.6. The van der Waals surface area contributed by atoms with Crippen LogP contribution in [0.4, 0.5) is 0 Å². The molecule has 1 aromatic carbocycles. The molecule has 2 nitrogen and oxygen atoms in total. The van der Waals surface area contributed by atoms with Crippen molar-refractivity contribution in [3.63, 3.8) is 0 Å². The molecule has 2 saturated carbocycles. The van der Waals surface area contributed by atoms with E-state index in [-0.39, 0.29) is 11.5 Å². The van der Waals surface area contributed by atoms with Crippen molar-refractivity contribution in [1.29, 1.82) is 0 Å². The topological polar surface area (TPSA) is 40.5 Å². The zero-order chi connectivity index (χ0) is 21.1. The lowest BCUT2D eigenvalue weighted by atomic mass is 9.52. The van der Waals surface area contributed by atoms with Crippen molar-refractivity contribution < 1.29 is 10.2 Å². The number of rotatable bonds is 9. The number of aliphatic hydroxyl groups excluding tert-OH is 1. The Morgan fingerprint density at radius 3 is 2.50 bits per heavy atom. The van der Waals surface area contributed by atoms with Gasteiger partial charge in [-0.25, -0.2) is 0 Å². The highest BCUT2D eigenvalue weighted by atomic mass is 79.9. The van der Waals surface area contributed by atoms with Crippen molar-refractivity contribution in [2.75, 3.05) is 5.33 Å². The van der Waals surface area contributed by atoms with Crippen molar-refractivity contribution in [3.05, 3.63) is 29.3 Å². The first-order chi connectivity index (χ1) is 14.5. The van der Waals surface area contributed by atoms with Gasteiger partial charge in [-0.3, -0.25) is 0 Å². The number of hydrogen-bond acceptors (Lipinski definition) is 2. The summed E-state index contributed by atoms with van der Waals surface area (Å²) in [4.78, 5) is 0. The Balaban J connectivity index is 1.43. The van der Waals surface area contributed by atoms with E-state index in [1.54, 1.807) is 0 Å². The van der Waals surface area contributed by atoms with Crippen LogP contribution >= 0.6 is 15.9 Å². The molecule has 0 aromatic heterocycles. The zero-order valence-electron chi connectivity index (χ0n) is 18.8. The highest BCUT2D eigenvalue weighted by molar-refractivity contribution is 9.09. The van der Waals surface area contributed by atoms with Crippen LogP contribution < -0.4 is 0 Å². The maximum Gasteiger partial charge on any atom is 0.115 e. The number of aliphatic hydroxyl groups is 1. The van der Waals surface area contributed by atoms with Gasteiger partial charge in [-0.15, -0.1) is 0 Å². The van der Waals surface area contributed by atoms with Gasteiger partial charge < -0.3 is 10.2 Å². The summed E-state index contributed by atoms with van der Waals surface area (Å²) in [5.41, 5.74) is 3.03. The van der Waals surface area contributed by atoms with Gasteiger partial charge in [-0.2, -0.15) is 0 Å². The van der Waals surface area contributed by atoms with Gasteiger partial charge in [0, 0.05) is 5.33 Å². The van der Waals surface area contributed by atoms with Crippen molar-refractivity contribution in [2.24, 2.45) is 23.2 Å². The molecular weight excluding hydrogens is 436 g/mol. The number of benzene rings is 1. The molecule has 2 fully saturated rings. The number of phenols is 1. The van der Waals surface area contributed by atoms with Crippen molar-refractivity contribution in [3.8, 4) is 5.75 Å². The minimum absolute atomic E-state index is 0.107. The van der Waals surface area contributed by atoms with Crippen LogP contribution in [0.2, 0.25) is 0 Å². The predicted molar refractivity (Wildman–Crippen MR) is 128 cm³/mol. The molecule has 0 saturated heterocycles. The lowest BCUT2D eigenvalue weighted by Gasteiger charge is -2.53. The van der Waals surface area contributed by atoms with E-state index in [4.69, 9.17) is 0 Å². The summed E-state index contributed by atoms with van der Waals surface area (Å²) in [5, 5.41) is 22.0. The standard InChI is InChI=1S/C27H41BrO2/c1-27-15-14-23-22-11-10-21(29)18-20(22)17-19(26(23)24(27)12-13-25(27)30)9-7-5-3-2-4-6-8-16-28/h10-11,18-19,23-26,29-30H,2-9,12-17H2,1H3/t19-,23+,24-,25+,26-,27+/m1/s1. The minimum atomic E-state index is -0.107.